The summed E-state index contributed by atoms with van der Waals surface area (Å²) in [5.41, 5.74) is 2.52. The maximum atomic E-state index is 13.5. The first kappa shape index (κ1) is 12.2. The van der Waals surface area contributed by atoms with Gasteiger partial charge in [-0.15, -0.1) is 0 Å². The lowest BCUT2D eigenvalue weighted by molar-refractivity contribution is 0.180. The largest absolute Gasteiger partial charge is 0.489 e. The Morgan fingerprint density at radius 2 is 2.00 bits per heavy atom. The van der Waals surface area contributed by atoms with Gasteiger partial charge in [0.05, 0.1) is 6.10 Å². The lowest BCUT2D eigenvalue weighted by Crippen LogP contribution is -2.00. The number of ether oxygens (including phenoxy) is 1. The van der Waals surface area contributed by atoms with E-state index in [-0.39, 0.29) is 12.4 Å². The zero-order chi connectivity index (χ0) is 13.2. The fourth-order valence-corrected chi connectivity index (χ4v) is 2.51. The van der Waals surface area contributed by atoms with Crippen molar-refractivity contribution in [2.45, 2.75) is 25.6 Å². The van der Waals surface area contributed by atoms with E-state index in [0.29, 0.717) is 5.56 Å². The lowest BCUT2D eigenvalue weighted by Gasteiger charge is -2.11. The second-order valence-corrected chi connectivity index (χ2v) is 4.76. The SMILES string of the molecule is OC1CCc2c(OCc3ccccc3F)cccc21. The van der Waals surface area contributed by atoms with Gasteiger partial charge in [-0.3, -0.25) is 0 Å². The number of halogens is 1. The van der Waals surface area contributed by atoms with E-state index in [4.69, 9.17) is 4.74 Å². The molecular formula is C16H15FO2. The van der Waals surface area contributed by atoms with Crippen molar-refractivity contribution in [3.05, 3.63) is 65.0 Å². The summed E-state index contributed by atoms with van der Waals surface area (Å²) in [6, 6.07) is 12.3. The van der Waals surface area contributed by atoms with Crippen molar-refractivity contribution in [1.29, 1.82) is 0 Å². The molecule has 0 bridgehead atoms. The number of aliphatic hydroxyl groups excluding tert-OH is 1. The first-order chi connectivity index (χ1) is 9.25. The van der Waals surface area contributed by atoms with Crippen molar-refractivity contribution >= 4 is 0 Å². The molecule has 0 radical (unpaired) electrons. The molecule has 0 saturated heterocycles. The van der Waals surface area contributed by atoms with Gasteiger partial charge in [-0.1, -0.05) is 30.3 Å². The molecule has 1 N–H and O–H groups in total. The molecule has 1 aliphatic rings. The molecule has 3 rings (SSSR count). The maximum absolute atomic E-state index is 13.5. The molecule has 3 heteroatoms. The van der Waals surface area contributed by atoms with E-state index in [0.717, 1.165) is 29.7 Å². The molecule has 0 aromatic heterocycles. The van der Waals surface area contributed by atoms with Gasteiger partial charge in [0.15, 0.2) is 0 Å². The van der Waals surface area contributed by atoms with Gasteiger partial charge >= 0.3 is 0 Å². The van der Waals surface area contributed by atoms with Crippen LogP contribution in [0.3, 0.4) is 0 Å². The second kappa shape index (κ2) is 5.02. The summed E-state index contributed by atoms with van der Waals surface area (Å²) < 4.78 is 19.2. The Labute approximate surface area is 111 Å². The fraction of sp³-hybridized carbons (Fsp3) is 0.250. The number of rotatable bonds is 3. The number of hydrogen-bond donors (Lipinski definition) is 1. The Morgan fingerprint density at radius 1 is 1.16 bits per heavy atom. The van der Waals surface area contributed by atoms with Crippen LogP contribution in [0.15, 0.2) is 42.5 Å². The molecule has 2 aromatic rings. The van der Waals surface area contributed by atoms with E-state index >= 15 is 0 Å². The van der Waals surface area contributed by atoms with Gasteiger partial charge in [0.25, 0.3) is 0 Å². The fourth-order valence-electron chi connectivity index (χ4n) is 2.51. The summed E-state index contributed by atoms with van der Waals surface area (Å²) in [4.78, 5) is 0. The third-order valence-electron chi connectivity index (χ3n) is 3.54. The Morgan fingerprint density at radius 3 is 2.84 bits per heavy atom. The number of fused-ring (bicyclic) bond motifs is 1. The third kappa shape index (κ3) is 2.34. The quantitative estimate of drug-likeness (QED) is 0.914. The summed E-state index contributed by atoms with van der Waals surface area (Å²) in [5.74, 6) is 0.493. The predicted molar refractivity (Wildman–Crippen MR) is 70.5 cm³/mol. The third-order valence-corrected chi connectivity index (χ3v) is 3.54. The van der Waals surface area contributed by atoms with Crippen LogP contribution in [0.2, 0.25) is 0 Å². The van der Waals surface area contributed by atoms with Crippen LogP contribution in [-0.2, 0) is 13.0 Å². The monoisotopic (exact) mass is 258 g/mol. The van der Waals surface area contributed by atoms with E-state index in [1.807, 2.05) is 18.2 Å². The van der Waals surface area contributed by atoms with Crippen LogP contribution in [0.5, 0.6) is 5.75 Å². The Balaban J connectivity index is 1.80. The summed E-state index contributed by atoms with van der Waals surface area (Å²) in [7, 11) is 0. The molecule has 0 heterocycles. The van der Waals surface area contributed by atoms with Crippen LogP contribution < -0.4 is 4.74 Å². The van der Waals surface area contributed by atoms with Crippen LogP contribution >= 0.6 is 0 Å². The van der Waals surface area contributed by atoms with Gasteiger partial charge < -0.3 is 9.84 Å². The van der Waals surface area contributed by atoms with Crippen LogP contribution in [0.1, 0.15) is 29.2 Å². The molecule has 0 amide bonds. The van der Waals surface area contributed by atoms with Crippen molar-refractivity contribution in [3.63, 3.8) is 0 Å². The van der Waals surface area contributed by atoms with Crippen LogP contribution in [0.25, 0.3) is 0 Å². The zero-order valence-corrected chi connectivity index (χ0v) is 10.5. The number of aliphatic hydroxyl groups is 1. The van der Waals surface area contributed by atoms with Crippen LogP contribution in [0, 0.1) is 5.82 Å². The topological polar surface area (TPSA) is 29.5 Å². The first-order valence-electron chi connectivity index (χ1n) is 6.42. The zero-order valence-electron chi connectivity index (χ0n) is 10.5. The van der Waals surface area contributed by atoms with Gasteiger partial charge in [0.2, 0.25) is 0 Å². The van der Waals surface area contributed by atoms with Crippen molar-refractivity contribution in [2.24, 2.45) is 0 Å². The van der Waals surface area contributed by atoms with Crippen molar-refractivity contribution in [2.75, 3.05) is 0 Å². The molecule has 0 spiro atoms. The normalized spacial score (nSPS) is 17.3. The predicted octanol–water partition coefficient (Wildman–Crippen LogP) is 3.38. The molecule has 1 atom stereocenters. The molecule has 1 unspecified atom stereocenters. The summed E-state index contributed by atoms with van der Waals surface area (Å²) in [6.45, 7) is 0.208. The molecule has 1 aliphatic carbocycles. The van der Waals surface area contributed by atoms with E-state index in [9.17, 15) is 9.50 Å². The van der Waals surface area contributed by atoms with Crippen LogP contribution in [-0.4, -0.2) is 5.11 Å². The van der Waals surface area contributed by atoms with Crippen molar-refractivity contribution in [1.82, 2.24) is 0 Å². The molecule has 0 fully saturated rings. The van der Waals surface area contributed by atoms with E-state index in [2.05, 4.69) is 0 Å². The molecule has 0 saturated carbocycles. The van der Waals surface area contributed by atoms with E-state index in [1.54, 1.807) is 18.2 Å². The molecule has 98 valence electrons. The average Bonchev–Trinajstić information content (AvgIpc) is 2.81. The lowest BCUT2D eigenvalue weighted by atomic mass is 10.1. The minimum absolute atomic E-state index is 0.208. The summed E-state index contributed by atoms with van der Waals surface area (Å²) in [5, 5.41) is 9.82. The number of benzene rings is 2. The molecule has 2 nitrogen and oxygen atoms in total. The highest BCUT2D eigenvalue weighted by molar-refractivity contribution is 5.44. The van der Waals surface area contributed by atoms with E-state index in [1.165, 1.54) is 6.07 Å². The van der Waals surface area contributed by atoms with Crippen molar-refractivity contribution < 1.29 is 14.2 Å². The van der Waals surface area contributed by atoms with Crippen molar-refractivity contribution in [3.8, 4) is 5.75 Å². The first-order valence-corrected chi connectivity index (χ1v) is 6.42. The highest BCUT2D eigenvalue weighted by atomic mass is 19.1. The van der Waals surface area contributed by atoms with Crippen LogP contribution in [0.4, 0.5) is 4.39 Å². The Kier molecular flexibility index (Phi) is 3.22. The van der Waals surface area contributed by atoms with E-state index < -0.39 is 6.10 Å². The maximum Gasteiger partial charge on any atom is 0.129 e. The van der Waals surface area contributed by atoms with Gasteiger partial charge in [-0.25, -0.2) is 4.39 Å². The molecule has 2 aromatic carbocycles. The smallest absolute Gasteiger partial charge is 0.129 e. The number of hydrogen-bond acceptors (Lipinski definition) is 2. The molecule has 19 heavy (non-hydrogen) atoms. The average molecular weight is 258 g/mol. The minimum Gasteiger partial charge on any atom is -0.489 e. The van der Waals surface area contributed by atoms with Gasteiger partial charge in [-0.05, 0) is 30.5 Å². The summed E-state index contributed by atoms with van der Waals surface area (Å²) in [6.07, 6.45) is 1.14. The van der Waals surface area contributed by atoms with Gasteiger partial charge in [0, 0.05) is 11.1 Å². The molecular weight excluding hydrogens is 243 g/mol. The van der Waals surface area contributed by atoms with Gasteiger partial charge in [-0.2, -0.15) is 0 Å². The van der Waals surface area contributed by atoms with Gasteiger partial charge in [0.1, 0.15) is 18.2 Å². The second-order valence-electron chi connectivity index (χ2n) is 4.76. The minimum atomic E-state index is -0.396. The highest BCUT2D eigenvalue weighted by Crippen LogP contribution is 2.36. The Hall–Kier alpha value is -1.87. The standard InChI is InChI=1S/C16H15FO2/c17-14-6-2-1-4-11(14)10-19-16-7-3-5-12-13(16)8-9-15(12)18/h1-7,15,18H,8-10H2. The Bertz CT molecular complexity index is 595. The highest BCUT2D eigenvalue weighted by Gasteiger charge is 2.23. The molecule has 0 aliphatic heterocycles. The summed E-state index contributed by atoms with van der Waals surface area (Å²) >= 11 is 0.